The highest BCUT2D eigenvalue weighted by atomic mass is 35.5. The van der Waals surface area contributed by atoms with Crippen LogP contribution in [0.2, 0.25) is 5.02 Å². The monoisotopic (exact) mass is 448 g/mol. The number of piperidine rings is 1. The van der Waals surface area contributed by atoms with Crippen molar-refractivity contribution in [3.8, 4) is 0 Å². The summed E-state index contributed by atoms with van der Waals surface area (Å²) >= 11 is 6.20. The molecule has 2 fully saturated rings. The van der Waals surface area contributed by atoms with Crippen molar-refractivity contribution in [3.05, 3.63) is 47.1 Å². The standard InChI is InChI=1S/C21H25ClN4O3S/c22-19-8-7-17(30(28,29)26-12-4-5-13-26)14-18(19)21(27)24-16-6-9-20(23-15-16)25-10-2-1-3-11-25/h6-9,14-15H,1-5,10-13H2,(H,24,27). The van der Waals surface area contributed by atoms with Crippen molar-refractivity contribution in [2.75, 3.05) is 36.4 Å². The summed E-state index contributed by atoms with van der Waals surface area (Å²) < 4.78 is 27.1. The molecule has 0 bridgehead atoms. The van der Waals surface area contributed by atoms with Gasteiger partial charge in [-0.3, -0.25) is 4.79 Å². The lowest BCUT2D eigenvalue weighted by atomic mass is 10.1. The minimum absolute atomic E-state index is 0.0810. The number of nitrogens with one attached hydrogen (secondary N) is 1. The number of benzene rings is 1. The highest BCUT2D eigenvalue weighted by Crippen LogP contribution is 2.26. The number of halogens is 1. The van der Waals surface area contributed by atoms with Crippen LogP contribution in [0.4, 0.5) is 11.5 Å². The normalized spacial score (nSPS) is 17.8. The summed E-state index contributed by atoms with van der Waals surface area (Å²) in [5.74, 6) is 0.426. The first kappa shape index (κ1) is 21.1. The maximum Gasteiger partial charge on any atom is 0.257 e. The molecule has 2 aliphatic rings. The third-order valence-electron chi connectivity index (χ3n) is 5.57. The van der Waals surface area contributed by atoms with Crippen LogP contribution in [-0.2, 0) is 10.0 Å². The molecule has 1 amide bonds. The van der Waals surface area contributed by atoms with Crippen molar-refractivity contribution in [1.29, 1.82) is 0 Å². The molecule has 2 aliphatic heterocycles. The minimum atomic E-state index is -3.63. The molecule has 0 spiro atoms. The van der Waals surface area contributed by atoms with Crippen molar-refractivity contribution in [1.82, 2.24) is 9.29 Å². The average Bonchev–Trinajstić information content (AvgIpc) is 3.31. The minimum Gasteiger partial charge on any atom is -0.357 e. The largest absolute Gasteiger partial charge is 0.357 e. The molecule has 160 valence electrons. The predicted molar refractivity (Wildman–Crippen MR) is 118 cm³/mol. The first-order valence-electron chi connectivity index (χ1n) is 10.3. The van der Waals surface area contributed by atoms with Crippen LogP contribution in [0.1, 0.15) is 42.5 Å². The van der Waals surface area contributed by atoms with Gasteiger partial charge in [0.1, 0.15) is 5.82 Å². The fourth-order valence-corrected chi connectivity index (χ4v) is 5.63. The number of carbonyl (C=O) groups excluding carboxylic acids is 1. The molecule has 2 saturated heterocycles. The molecule has 1 N–H and O–H groups in total. The van der Waals surface area contributed by atoms with Gasteiger partial charge in [-0.05, 0) is 62.4 Å². The van der Waals surface area contributed by atoms with Crippen LogP contribution >= 0.6 is 11.6 Å². The molecule has 0 radical (unpaired) electrons. The lowest BCUT2D eigenvalue weighted by molar-refractivity contribution is 0.102. The van der Waals surface area contributed by atoms with E-state index < -0.39 is 15.9 Å². The van der Waals surface area contributed by atoms with E-state index in [1.165, 1.54) is 28.9 Å². The molecule has 0 unspecified atom stereocenters. The molecule has 7 nitrogen and oxygen atoms in total. The zero-order valence-electron chi connectivity index (χ0n) is 16.7. The van der Waals surface area contributed by atoms with E-state index in [4.69, 9.17) is 11.6 Å². The maximum absolute atomic E-state index is 12.8. The molecular weight excluding hydrogens is 424 g/mol. The number of anilines is 2. The van der Waals surface area contributed by atoms with Gasteiger partial charge >= 0.3 is 0 Å². The summed E-state index contributed by atoms with van der Waals surface area (Å²) in [6.07, 6.45) is 6.88. The van der Waals surface area contributed by atoms with Gasteiger partial charge in [-0.15, -0.1) is 0 Å². The Hall–Kier alpha value is -2.16. The fraction of sp³-hybridized carbons (Fsp3) is 0.429. The molecule has 9 heteroatoms. The zero-order valence-corrected chi connectivity index (χ0v) is 18.3. The number of amides is 1. The van der Waals surface area contributed by atoms with Crippen LogP contribution in [0.25, 0.3) is 0 Å². The molecule has 3 heterocycles. The quantitative estimate of drug-likeness (QED) is 0.752. The van der Waals surface area contributed by atoms with Crippen LogP contribution < -0.4 is 10.2 Å². The van der Waals surface area contributed by atoms with Crippen molar-refractivity contribution >= 4 is 39.0 Å². The zero-order chi connectivity index (χ0) is 21.1. The second-order valence-corrected chi connectivity index (χ2v) is 10.0. The van der Waals surface area contributed by atoms with Crippen LogP contribution in [-0.4, -0.2) is 49.8 Å². The van der Waals surface area contributed by atoms with Gasteiger partial charge in [0.15, 0.2) is 0 Å². The highest BCUT2D eigenvalue weighted by Gasteiger charge is 2.28. The second kappa shape index (κ2) is 8.91. The van der Waals surface area contributed by atoms with Gasteiger partial charge in [0.2, 0.25) is 10.0 Å². The Morgan fingerprint density at radius 2 is 1.67 bits per heavy atom. The van der Waals surface area contributed by atoms with E-state index in [1.807, 2.05) is 6.07 Å². The number of aromatic nitrogens is 1. The molecule has 0 aliphatic carbocycles. The van der Waals surface area contributed by atoms with Crippen LogP contribution in [0.15, 0.2) is 41.4 Å². The molecular formula is C21H25ClN4O3S. The Balaban J connectivity index is 1.50. The first-order chi connectivity index (χ1) is 14.4. The predicted octanol–water partition coefficient (Wildman–Crippen LogP) is 3.76. The van der Waals surface area contributed by atoms with E-state index in [9.17, 15) is 13.2 Å². The van der Waals surface area contributed by atoms with Gasteiger partial charge in [0, 0.05) is 26.2 Å². The second-order valence-electron chi connectivity index (χ2n) is 7.66. The Morgan fingerprint density at radius 1 is 0.967 bits per heavy atom. The Morgan fingerprint density at radius 3 is 2.33 bits per heavy atom. The molecule has 1 aromatic heterocycles. The van der Waals surface area contributed by atoms with Crippen LogP contribution in [0.3, 0.4) is 0 Å². The van der Waals surface area contributed by atoms with E-state index in [-0.39, 0.29) is 15.5 Å². The molecule has 4 rings (SSSR count). The van der Waals surface area contributed by atoms with Gasteiger partial charge < -0.3 is 10.2 Å². The van der Waals surface area contributed by atoms with E-state index in [2.05, 4.69) is 15.2 Å². The van der Waals surface area contributed by atoms with Gasteiger partial charge in [-0.1, -0.05) is 11.6 Å². The molecule has 2 aromatic rings. The lowest BCUT2D eigenvalue weighted by Gasteiger charge is -2.27. The summed E-state index contributed by atoms with van der Waals surface area (Å²) in [6.45, 7) is 2.99. The summed E-state index contributed by atoms with van der Waals surface area (Å²) in [4.78, 5) is 19.6. The highest BCUT2D eigenvalue weighted by molar-refractivity contribution is 7.89. The number of hydrogen-bond acceptors (Lipinski definition) is 5. The number of pyridine rings is 1. The first-order valence-corrected chi connectivity index (χ1v) is 12.1. The van der Waals surface area contributed by atoms with Gasteiger partial charge in [-0.25, -0.2) is 13.4 Å². The number of sulfonamides is 1. The number of nitrogens with zero attached hydrogens (tertiary/aromatic N) is 3. The van der Waals surface area contributed by atoms with E-state index in [1.54, 1.807) is 12.3 Å². The molecule has 0 atom stereocenters. The SMILES string of the molecule is O=C(Nc1ccc(N2CCCCC2)nc1)c1cc(S(=O)(=O)N2CCCC2)ccc1Cl. The topological polar surface area (TPSA) is 82.6 Å². The maximum atomic E-state index is 12.8. The average molecular weight is 449 g/mol. The molecule has 0 saturated carbocycles. The third-order valence-corrected chi connectivity index (χ3v) is 7.80. The Labute approximate surface area is 182 Å². The van der Waals surface area contributed by atoms with Crippen molar-refractivity contribution < 1.29 is 13.2 Å². The van der Waals surface area contributed by atoms with Gasteiger partial charge in [-0.2, -0.15) is 4.31 Å². The fourth-order valence-electron chi connectivity index (χ4n) is 3.88. The van der Waals surface area contributed by atoms with E-state index >= 15 is 0 Å². The summed E-state index contributed by atoms with van der Waals surface area (Å²) in [5.41, 5.74) is 0.654. The number of rotatable bonds is 5. The smallest absolute Gasteiger partial charge is 0.257 e. The van der Waals surface area contributed by atoms with Gasteiger partial charge in [0.25, 0.3) is 5.91 Å². The van der Waals surface area contributed by atoms with Gasteiger partial charge in [0.05, 0.1) is 27.4 Å². The van der Waals surface area contributed by atoms with Crippen molar-refractivity contribution in [2.24, 2.45) is 0 Å². The third kappa shape index (κ3) is 4.45. The van der Waals surface area contributed by atoms with E-state index in [0.717, 1.165) is 44.6 Å². The Bertz CT molecular complexity index is 1020. The Kier molecular flexibility index (Phi) is 6.26. The van der Waals surface area contributed by atoms with Crippen molar-refractivity contribution in [2.45, 2.75) is 37.0 Å². The van der Waals surface area contributed by atoms with Crippen LogP contribution in [0.5, 0.6) is 0 Å². The molecule has 1 aromatic carbocycles. The summed E-state index contributed by atoms with van der Waals surface area (Å²) in [5, 5.41) is 2.96. The summed E-state index contributed by atoms with van der Waals surface area (Å²) in [6, 6.07) is 7.93. The van der Waals surface area contributed by atoms with E-state index in [0.29, 0.717) is 18.8 Å². The summed E-state index contributed by atoms with van der Waals surface area (Å²) in [7, 11) is -3.63. The molecule has 30 heavy (non-hydrogen) atoms. The van der Waals surface area contributed by atoms with Crippen LogP contribution in [0, 0.1) is 0 Å². The van der Waals surface area contributed by atoms with Crippen molar-refractivity contribution in [3.63, 3.8) is 0 Å². The number of hydrogen-bond donors (Lipinski definition) is 1. The lowest BCUT2D eigenvalue weighted by Crippen LogP contribution is -2.30. The number of carbonyl (C=O) groups is 1.